The third kappa shape index (κ3) is 1.30. The van der Waals surface area contributed by atoms with Crippen LogP contribution in [0.3, 0.4) is 0 Å². The molecule has 2 atom stereocenters. The monoisotopic (exact) mass is 181 g/mol. The first-order chi connectivity index (χ1) is 5.94. The number of hydrogen-bond donors (Lipinski definition) is 1. The first-order valence-corrected chi connectivity index (χ1v) is 4.97. The summed E-state index contributed by atoms with van der Waals surface area (Å²) >= 11 is 0. The molecule has 0 radical (unpaired) electrons. The van der Waals surface area contributed by atoms with E-state index in [1.807, 2.05) is 0 Å². The fraction of sp³-hybridized carbons (Fsp3) is 0.900. The molecule has 74 valence electrons. The molecule has 0 aromatic carbocycles. The molecule has 1 fully saturated rings. The number of nitrogens with one attached hydrogen (secondary N) is 1. The Morgan fingerprint density at radius 1 is 1.38 bits per heavy atom. The molecule has 13 heavy (non-hydrogen) atoms. The van der Waals surface area contributed by atoms with E-state index in [4.69, 9.17) is 4.99 Å². The van der Waals surface area contributed by atoms with Gasteiger partial charge >= 0.3 is 0 Å². The van der Waals surface area contributed by atoms with E-state index in [0.29, 0.717) is 0 Å². The quantitative estimate of drug-likeness (QED) is 0.605. The number of fused-ring (bicyclic) bond motifs is 2. The molecule has 3 nitrogen and oxygen atoms in total. The topological polar surface area (TPSA) is 27.6 Å². The zero-order valence-corrected chi connectivity index (χ0v) is 9.02. The predicted octanol–water partition coefficient (Wildman–Crippen LogP) is 1.07. The minimum Gasteiger partial charge on any atom is -0.303 e. The van der Waals surface area contributed by atoms with Crippen LogP contribution in [0.1, 0.15) is 27.7 Å². The van der Waals surface area contributed by atoms with Crippen LogP contribution in [0.4, 0.5) is 0 Å². The molecule has 2 bridgehead atoms. The van der Waals surface area contributed by atoms with E-state index in [1.165, 1.54) is 5.71 Å². The first-order valence-electron chi connectivity index (χ1n) is 4.97. The molecule has 0 amide bonds. The van der Waals surface area contributed by atoms with Crippen molar-refractivity contribution in [2.24, 2.45) is 10.4 Å². The third-order valence-electron chi connectivity index (χ3n) is 3.45. The number of rotatable bonds is 0. The van der Waals surface area contributed by atoms with Crippen LogP contribution in [-0.2, 0) is 0 Å². The minimum absolute atomic E-state index is 0.0169. The zero-order valence-electron chi connectivity index (χ0n) is 9.02. The van der Waals surface area contributed by atoms with Crippen LogP contribution in [0.25, 0.3) is 0 Å². The van der Waals surface area contributed by atoms with E-state index in [9.17, 15) is 0 Å². The molecule has 3 heteroatoms. The summed E-state index contributed by atoms with van der Waals surface area (Å²) in [4.78, 5) is 7.18. The first kappa shape index (κ1) is 9.16. The Balaban J connectivity index is 2.39. The van der Waals surface area contributed by atoms with Crippen LogP contribution in [0.2, 0.25) is 0 Å². The fourth-order valence-corrected chi connectivity index (χ4v) is 2.25. The Labute approximate surface area is 80.2 Å². The Kier molecular flexibility index (Phi) is 1.79. The normalized spacial score (nSPS) is 42.8. The van der Waals surface area contributed by atoms with Crippen molar-refractivity contribution in [1.82, 2.24) is 10.2 Å². The predicted molar refractivity (Wildman–Crippen MR) is 54.9 cm³/mol. The molecule has 0 aromatic heterocycles. The third-order valence-corrected chi connectivity index (χ3v) is 3.45. The van der Waals surface area contributed by atoms with Crippen LogP contribution in [0.15, 0.2) is 4.99 Å². The van der Waals surface area contributed by atoms with Gasteiger partial charge in [0.1, 0.15) is 5.66 Å². The lowest BCUT2D eigenvalue weighted by Crippen LogP contribution is -2.64. The van der Waals surface area contributed by atoms with Crippen molar-refractivity contribution in [3.8, 4) is 0 Å². The fourth-order valence-electron chi connectivity index (χ4n) is 2.25. The summed E-state index contributed by atoms with van der Waals surface area (Å²) in [5.74, 6) is 0. The van der Waals surface area contributed by atoms with Gasteiger partial charge in [-0.15, -0.1) is 0 Å². The summed E-state index contributed by atoms with van der Waals surface area (Å²) < 4.78 is 0. The lowest BCUT2D eigenvalue weighted by Gasteiger charge is -2.51. The second kappa shape index (κ2) is 2.55. The van der Waals surface area contributed by atoms with Gasteiger partial charge in [0, 0.05) is 24.2 Å². The smallest absolute Gasteiger partial charge is 0.108 e. The highest BCUT2D eigenvalue weighted by Gasteiger charge is 2.43. The number of hydrogen-bond acceptors (Lipinski definition) is 3. The number of nitrogens with zero attached hydrogens (tertiary/aromatic N) is 2. The lowest BCUT2D eigenvalue weighted by atomic mass is 9.80. The van der Waals surface area contributed by atoms with Gasteiger partial charge in [0.2, 0.25) is 0 Å². The Morgan fingerprint density at radius 3 is 2.77 bits per heavy atom. The van der Waals surface area contributed by atoms with Gasteiger partial charge in [0.15, 0.2) is 0 Å². The van der Waals surface area contributed by atoms with E-state index in [0.717, 1.165) is 19.8 Å². The maximum Gasteiger partial charge on any atom is 0.108 e. The molecule has 1 saturated heterocycles. The van der Waals surface area contributed by atoms with Crippen molar-refractivity contribution in [3.63, 3.8) is 0 Å². The van der Waals surface area contributed by atoms with Gasteiger partial charge in [-0.1, -0.05) is 6.92 Å². The van der Waals surface area contributed by atoms with Gasteiger partial charge < -0.3 is 5.32 Å². The summed E-state index contributed by atoms with van der Waals surface area (Å²) in [6.45, 7) is 12.0. The van der Waals surface area contributed by atoms with E-state index >= 15 is 0 Å². The molecule has 0 saturated carbocycles. The van der Waals surface area contributed by atoms with Crippen LogP contribution in [0, 0.1) is 5.41 Å². The SMILES string of the molecule is CC1=NC(C)(C)N2CNCC1(C)C2. The van der Waals surface area contributed by atoms with E-state index < -0.39 is 0 Å². The average molecular weight is 181 g/mol. The van der Waals surface area contributed by atoms with Gasteiger partial charge in [-0.05, 0) is 20.8 Å². The molecular formula is C10H19N3. The summed E-state index contributed by atoms with van der Waals surface area (Å²) in [7, 11) is 0. The standard InChI is InChI=1S/C10H19N3/c1-8-10(4)5-11-7-13(6-10)9(2,3)12-8/h11H,5-7H2,1-4H3. The van der Waals surface area contributed by atoms with Crippen molar-refractivity contribution in [1.29, 1.82) is 0 Å². The second-order valence-electron chi connectivity index (χ2n) is 5.04. The highest BCUT2D eigenvalue weighted by atomic mass is 15.4. The van der Waals surface area contributed by atoms with Crippen LogP contribution >= 0.6 is 0 Å². The van der Waals surface area contributed by atoms with Crippen molar-refractivity contribution in [3.05, 3.63) is 0 Å². The van der Waals surface area contributed by atoms with Gasteiger partial charge in [0.05, 0.1) is 6.67 Å². The Morgan fingerprint density at radius 2 is 2.08 bits per heavy atom. The zero-order chi connectivity index (χ0) is 9.69. The highest BCUT2D eigenvalue weighted by molar-refractivity contribution is 5.89. The maximum atomic E-state index is 4.77. The molecule has 2 unspecified atom stereocenters. The summed E-state index contributed by atoms with van der Waals surface area (Å²) in [6.07, 6.45) is 0. The van der Waals surface area contributed by atoms with E-state index in [2.05, 4.69) is 37.9 Å². The summed E-state index contributed by atoms with van der Waals surface area (Å²) in [6, 6.07) is 0. The van der Waals surface area contributed by atoms with Crippen molar-refractivity contribution in [2.45, 2.75) is 33.4 Å². The molecule has 1 N–H and O–H groups in total. The maximum absolute atomic E-state index is 4.77. The molecule has 2 aliphatic heterocycles. The second-order valence-corrected chi connectivity index (χ2v) is 5.04. The summed E-state index contributed by atoms with van der Waals surface area (Å²) in [5.41, 5.74) is 1.53. The summed E-state index contributed by atoms with van der Waals surface area (Å²) in [5, 5.41) is 3.46. The van der Waals surface area contributed by atoms with Gasteiger partial charge in [-0.25, -0.2) is 0 Å². The molecule has 2 aliphatic rings. The Hall–Kier alpha value is -0.410. The largest absolute Gasteiger partial charge is 0.303 e. The van der Waals surface area contributed by atoms with Crippen molar-refractivity contribution in [2.75, 3.05) is 19.8 Å². The lowest BCUT2D eigenvalue weighted by molar-refractivity contribution is 0.0361. The number of aliphatic imine (C=N–C) groups is 1. The van der Waals surface area contributed by atoms with Gasteiger partial charge in [-0.2, -0.15) is 0 Å². The molecule has 0 aliphatic carbocycles. The molecule has 0 aromatic rings. The molecule has 2 rings (SSSR count). The molecular weight excluding hydrogens is 162 g/mol. The van der Waals surface area contributed by atoms with Gasteiger partial charge in [0.25, 0.3) is 0 Å². The van der Waals surface area contributed by atoms with E-state index in [1.54, 1.807) is 0 Å². The van der Waals surface area contributed by atoms with E-state index in [-0.39, 0.29) is 11.1 Å². The average Bonchev–Trinajstić information content (AvgIpc) is 2.02. The molecule has 2 heterocycles. The van der Waals surface area contributed by atoms with Crippen LogP contribution < -0.4 is 5.32 Å². The van der Waals surface area contributed by atoms with Gasteiger partial charge in [-0.3, -0.25) is 9.89 Å². The van der Waals surface area contributed by atoms with Crippen LogP contribution in [0.5, 0.6) is 0 Å². The van der Waals surface area contributed by atoms with Crippen LogP contribution in [-0.4, -0.2) is 36.0 Å². The van der Waals surface area contributed by atoms with Crippen molar-refractivity contribution < 1.29 is 0 Å². The van der Waals surface area contributed by atoms with Crippen molar-refractivity contribution >= 4 is 5.71 Å². The minimum atomic E-state index is -0.0169. The Bertz CT molecular complexity index is 257. The highest BCUT2D eigenvalue weighted by Crippen LogP contribution is 2.33. The molecule has 0 spiro atoms.